The minimum Gasteiger partial charge on any atom is -0.375 e. The third kappa shape index (κ3) is 4.84. The van der Waals surface area contributed by atoms with Gasteiger partial charge in [-0.25, -0.2) is 8.42 Å². The topological polar surface area (TPSA) is 69.7 Å². The Kier molecular flexibility index (Phi) is 7.09. The summed E-state index contributed by atoms with van der Waals surface area (Å²) in [6, 6.07) is 11.3. The minimum atomic E-state index is -3.72. The van der Waals surface area contributed by atoms with Gasteiger partial charge in [0.25, 0.3) is 5.91 Å². The van der Waals surface area contributed by atoms with Gasteiger partial charge in [0.15, 0.2) is 0 Å². The summed E-state index contributed by atoms with van der Waals surface area (Å²) in [4.78, 5) is 14.8. The van der Waals surface area contributed by atoms with Crippen molar-refractivity contribution in [3.8, 4) is 0 Å². The van der Waals surface area contributed by atoms with Crippen LogP contribution in [-0.4, -0.2) is 45.3 Å². The van der Waals surface area contributed by atoms with Crippen molar-refractivity contribution in [1.29, 1.82) is 0 Å². The van der Waals surface area contributed by atoms with Crippen molar-refractivity contribution < 1.29 is 13.2 Å². The van der Waals surface area contributed by atoms with E-state index in [0.717, 1.165) is 12.2 Å². The number of nitrogens with one attached hydrogen (secondary N) is 1. The monoisotopic (exact) mass is 423 g/mol. The summed E-state index contributed by atoms with van der Waals surface area (Å²) in [6.45, 7) is 6.42. The number of hydrogen-bond donors (Lipinski definition) is 1. The molecule has 2 rings (SSSR count). The number of nitrogens with zero attached hydrogens (tertiary/aromatic N) is 2. The van der Waals surface area contributed by atoms with Crippen LogP contribution in [0.2, 0.25) is 5.02 Å². The van der Waals surface area contributed by atoms with Crippen molar-refractivity contribution in [1.82, 2.24) is 4.31 Å². The van der Waals surface area contributed by atoms with Gasteiger partial charge in [0, 0.05) is 38.1 Å². The molecule has 2 aromatic rings. The van der Waals surface area contributed by atoms with Crippen LogP contribution < -0.4 is 10.2 Å². The lowest BCUT2D eigenvalue weighted by Gasteiger charge is -2.21. The van der Waals surface area contributed by atoms with Gasteiger partial charge >= 0.3 is 0 Å². The van der Waals surface area contributed by atoms with Crippen LogP contribution in [0.4, 0.5) is 11.4 Å². The molecule has 0 aliphatic carbocycles. The number of rotatable bonds is 7. The normalized spacial score (nSPS) is 11.7. The van der Waals surface area contributed by atoms with Gasteiger partial charge in [0.05, 0.1) is 15.5 Å². The van der Waals surface area contributed by atoms with E-state index in [4.69, 9.17) is 11.6 Å². The van der Waals surface area contributed by atoms with E-state index in [9.17, 15) is 13.2 Å². The molecule has 0 heterocycles. The van der Waals surface area contributed by atoms with Crippen LogP contribution in [0, 0.1) is 0 Å². The summed E-state index contributed by atoms with van der Waals surface area (Å²) in [5, 5.41) is 2.98. The van der Waals surface area contributed by atoms with Gasteiger partial charge in [-0.15, -0.1) is 0 Å². The molecule has 0 unspecified atom stereocenters. The van der Waals surface area contributed by atoms with Gasteiger partial charge in [0.2, 0.25) is 10.0 Å². The number of carbonyl (C=O) groups is 1. The molecule has 0 spiro atoms. The third-order valence-corrected chi connectivity index (χ3v) is 6.96. The maximum Gasteiger partial charge on any atom is 0.257 e. The molecule has 152 valence electrons. The molecule has 0 aromatic heterocycles. The van der Waals surface area contributed by atoms with Crippen molar-refractivity contribution in [2.45, 2.75) is 31.7 Å². The molecular weight excluding hydrogens is 398 g/mol. The highest BCUT2D eigenvalue weighted by Gasteiger charge is 2.25. The molecule has 0 saturated heterocycles. The fourth-order valence-electron chi connectivity index (χ4n) is 2.48. The summed E-state index contributed by atoms with van der Waals surface area (Å²) in [5.41, 5.74) is 1.67. The zero-order chi connectivity index (χ0) is 21.1. The summed E-state index contributed by atoms with van der Waals surface area (Å²) >= 11 is 6.18. The van der Waals surface area contributed by atoms with Crippen LogP contribution in [0.15, 0.2) is 47.4 Å². The van der Waals surface area contributed by atoms with E-state index in [0.29, 0.717) is 5.69 Å². The number of amides is 1. The van der Waals surface area contributed by atoms with Crippen LogP contribution >= 0.6 is 11.6 Å². The van der Waals surface area contributed by atoms with E-state index in [1.807, 2.05) is 37.1 Å². The fourth-order valence-corrected chi connectivity index (χ4v) is 4.08. The molecule has 0 saturated carbocycles. The Morgan fingerprint density at radius 1 is 1.14 bits per heavy atom. The second kappa shape index (κ2) is 8.94. The minimum absolute atomic E-state index is 0.0257. The second-order valence-electron chi connectivity index (χ2n) is 6.78. The van der Waals surface area contributed by atoms with Gasteiger partial charge in [0.1, 0.15) is 0 Å². The molecule has 28 heavy (non-hydrogen) atoms. The van der Waals surface area contributed by atoms with E-state index in [-0.39, 0.29) is 21.5 Å². The van der Waals surface area contributed by atoms with Crippen LogP contribution in [0.1, 0.15) is 31.1 Å². The molecule has 1 N–H and O–H groups in total. The van der Waals surface area contributed by atoms with Crippen molar-refractivity contribution in [3.63, 3.8) is 0 Å². The maximum atomic E-state index is 12.8. The summed E-state index contributed by atoms with van der Waals surface area (Å²) in [5.74, 6) is -0.467. The number of benzene rings is 2. The lowest BCUT2D eigenvalue weighted by molar-refractivity contribution is 0.102. The first-order valence-corrected chi connectivity index (χ1v) is 10.8. The number of anilines is 2. The van der Waals surface area contributed by atoms with Crippen molar-refractivity contribution >= 4 is 38.9 Å². The number of hydrogen-bond acceptors (Lipinski definition) is 4. The zero-order valence-electron chi connectivity index (χ0n) is 16.7. The molecule has 6 nitrogen and oxygen atoms in total. The molecule has 0 aliphatic rings. The smallest absolute Gasteiger partial charge is 0.257 e. The Morgan fingerprint density at radius 2 is 1.82 bits per heavy atom. The van der Waals surface area contributed by atoms with E-state index in [1.165, 1.54) is 29.6 Å². The number of halogens is 1. The Bertz CT molecular complexity index is 961. The SMILES string of the molecule is CCN(C)c1cccc(NC(=O)c2cc(S(=O)(=O)N(C)C(C)C)ccc2Cl)c1. The van der Waals surface area contributed by atoms with Crippen LogP contribution in [0.5, 0.6) is 0 Å². The second-order valence-corrected chi connectivity index (χ2v) is 9.18. The third-order valence-electron chi connectivity index (χ3n) is 4.61. The number of sulfonamides is 1. The molecule has 0 bridgehead atoms. The van der Waals surface area contributed by atoms with Gasteiger partial charge in [-0.2, -0.15) is 4.31 Å². The summed E-state index contributed by atoms with van der Waals surface area (Å²) in [6.07, 6.45) is 0. The highest BCUT2D eigenvalue weighted by Crippen LogP contribution is 2.25. The highest BCUT2D eigenvalue weighted by molar-refractivity contribution is 7.89. The molecule has 8 heteroatoms. The molecule has 0 radical (unpaired) electrons. The first-order chi connectivity index (χ1) is 13.1. The lowest BCUT2D eigenvalue weighted by atomic mass is 10.2. The van der Waals surface area contributed by atoms with Crippen LogP contribution in [0.3, 0.4) is 0 Å². The predicted molar refractivity (Wildman–Crippen MR) is 115 cm³/mol. The van der Waals surface area contributed by atoms with Crippen LogP contribution in [-0.2, 0) is 10.0 Å². The molecule has 1 amide bonds. The average Bonchev–Trinajstić information content (AvgIpc) is 2.66. The molecule has 0 fully saturated rings. The fraction of sp³-hybridized carbons (Fsp3) is 0.350. The van der Waals surface area contributed by atoms with Gasteiger partial charge < -0.3 is 10.2 Å². The van der Waals surface area contributed by atoms with Gasteiger partial charge in [-0.1, -0.05) is 17.7 Å². The van der Waals surface area contributed by atoms with E-state index in [2.05, 4.69) is 5.32 Å². The average molecular weight is 424 g/mol. The Morgan fingerprint density at radius 3 is 2.43 bits per heavy atom. The number of carbonyl (C=O) groups excluding carboxylic acids is 1. The first-order valence-electron chi connectivity index (χ1n) is 8.98. The predicted octanol–water partition coefficient (Wildman–Crippen LogP) is 4.08. The van der Waals surface area contributed by atoms with E-state index >= 15 is 0 Å². The first kappa shape index (κ1) is 22.2. The largest absolute Gasteiger partial charge is 0.375 e. The molecule has 2 aromatic carbocycles. The Balaban J connectivity index is 2.34. The quantitative estimate of drug-likeness (QED) is 0.728. The van der Waals surface area contributed by atoms with Gasteiger partial charge in [-0.05, 0) is 57.2 Å². The Labute approximate surface area is 172 Å². The zero-order valence-corrected chi connectivity index (χ0v) is 18.3. The van der Waals surface area contributed by atoms with Crippen molar-refractivity contribution in [3.05, 3.63) is 53.1 Å². The standard InChI is InChI=1S/C20H26ClN3O3S/c1-6-23(4)16-9-7-8-15(12-16)22-20(25)18-13-17(10-11-19(18)21)28(26,27)24(5)14(2)3/h7-14H,6H2,1-5H3,(H,22,25). The molecule has 0 atom stereocenters. The van der Waals surface area contributed by atoms with E-state index in [1.54, 1.807) is 19.9 Å². The lowest BCUT2D eigenvalue weighted by Crippen LogP contribution is -2.33. The van der Waals surface area contributed by atoms with Crippen molar-refractivity contribution in [2.24, 2.45) is 0 Å². The Hall–Kier alpha value is -2.09. The van der Waals surface area contributed by atoms with E-state index < -0.39 is 15.9 Å². The van der Waals surface area contributed by atoms with Gasteiger partial charge in [-0.3, -0.25) is 4.79 Å². The summed E-state index contributed by atoms with van der Waals surface area (Å²) in [7, 11) is -0.257. The summed E-state index contributed by atoms with van der Waals surface area (Å²) < 4.78 is 26.7. The molecular formula is C20H26ClN3O3S. The van der Waals surface area contributed by atoms with Crippen molar-refractivity contribution in [2.75, 3.05) is 30.9 Å². The highest BCUT2D eigenvalue weighted by atomic mass is 35.5. The van der Waals surface area contributed by atoms with Crippen LogP contribution in [0.25, 0.3) is 0 Å². The molecule has 0 aliphatic heterocycles. The maximum absolute atomic E-state index is 12.8.